The van der Waals surface area contributed by atoms with Crippen LogP contribution in [0.1, 0.15) is 18.9 Å². The van der Waals surface area contributed by atoms with E-state index in [1.165, 1.54) is 5.56 Å². The zero-order chi connectivity index (χ0) is 12.5. The van der Waals surface area contributed by atoms with Crippen molar-refractivity contribution in [2.24, 2.45) is 5.73 Å². The Morgan fingerprint density at radius 2 is 2.12 bits per heavy atom. The largest absolute Gasteiger partial charge is 0.368 e. The third kappa shape index (κ3) is 5.75. The molecule has 0 saturated heterocycles. The zero-order valence-corrected chi connectivity index (χ0v) is 11.0. The molecule has 94 valence electrons. The SMILES string of the molecule is CCNC(CCSCc1ccccc1)C(N)=O. The van der Waals surface area contributed by atoms with Crippen LogP contribution in [0, 0.1) is 0 Å². The summed E-state index contributed by atoms with van der Waals surface area (Å²) in [6.07, 6.45) is 0.792. The molecule has 0 aliphatic heterocycles. The topological polar surface area (TPSA) is 55.1 Å². The smallest absolute Gasteiger partial charge is 0.234 e. The monoisotopic (exact) mass is 252 g/mol. The number of rotatable bonds is 8. The number of nitrogens with two attached hydrogens (primary N) is 1. The minimum absolute atomic E-state index is 0.191. The second kappa shape index (κ2) is 8.14. The number of nitrogens with one attached hydrogen (secondary N) is 1. The first kappa shape index (κ1) is 14.1. The molecular formula is C13H20N2OS. The molecule has 1 aromatic carbocycles. The van der Waals surface area contributed by atoms with Gasteiger partial charge in [0.05, 0.1) is 6.04 Å². The molecule has 0 spiro atoms. The van der Waals surface area contributed by atoms with Crippen molar-refractivity contribution in [2.45, 2.75) is 25.1 Å². The Balaban J connectivity index is 2.20. The Labute approximate surface area is 107 Å². The van der Waals surface area contributed by atoms with Crippen LogP contribution in [0.4, 0.5) is 0 Å². The standard InChI is InChI=1S/C13H20N2OS/c1-2-15-12(13(14)16)8-9-17-10-11-6-4-3-5-7-11/h3-7,12,15H,2,8-10H2,1H3,(H2,14,16). The van der Waals surface area contributed by atoms with Crippen LogP contribution in [0.2, 0.25) is 0 Å². The van der Waals surface area contributed by atoms with Gasteiger partial charge in [0.15, 0.2) is 0 Å². The highest BCUT2D eigenvalue weighted by atomic mass is 32.2. The Bertz CT molecular complexity index is 329. The third-order valence-corrected chi connectivity index (χ3v) is 3.52. The van der Waals surface area contributed by atoms with Gasteiger partial charge < -0.3 is 11.1 Å². The molecule has 1 aromatic rings. The van der Waals surface area contributed by atoms with Gasteiger partial charge in [0.2, 0.25) is 5.91 Å². The predicted molar refractivity (Wildman–Crippen MR) is 73.9 cm³/mol. The summed E-state index contributed by atoms with van der Waals surface area (Å²) in [5.41, 5.74) is 6.62. The van der Waals surface area contributed by atoms with Crippen molar-refractivity contribution in [3.8, 4) is 0 Å². The number of primary amides is 1. The minimum Gasteiger partial charge on any atom is -0.368 e. The summed E-state index contributed by atoms with van der Waals surface area (Å²) in [6.45, 7) is 2.75. The van der Waals surface area contributed by atoms with Gasteiger partial charge >= 0.3 is 0 Å². The molecule has 0 heterocycles. The summed E-state index contributed by atoms with van der Waals surface area (Å²) in [6, 6.07) is 10.1. The number of hydrogen-bond donors (Lipinski definition) is 2. The molecular weight excluding hydrogens is 232 g/mol. The highest BCUT2D eigenvalue weighted by molar-refractivity contribution is 7.98. The lowest BCUT2D eigenvalue weighted by Gasteiger charge is -2.13. The maximum Gasteiger partial charge on any atom is 0.234 e. The first-order chi connectivity index (χ1) is 8.24. The molecule has 4 heteroatoms. The van der Waals surface area contributed by atoms with E-state index in [0.29, 0.717) is 0 Å². The Kier molecular flexibility index (Phi) is 6.74. The highest BCUT2D eigenvalue weighted by Gasteiger charge is 2.12. The van der Waals surface area contributed by atoms with Crippen LogP contribution >= 0.6 is 11.8 Å². The van der Waals surface area contributed by atoms with Crippen molar-refractivity contribution in [1.29, 1.82) is 0 Å². The Morgan fingerprint density at radius 1 is 1.41 bits per heavy atom. The fraction of sp³-hybridized carbons (Fsp3) is 0.462. The molecule has 0 bridgehead atoms. The zero-order valence-electron chi connectivity index (χ0n) is 10.2. The first-order valence-electron chi connectivity index (χ1n) is 5.88. The lowest BCUT2D eigenvalue weighted by Crippen LogP contribution is -2.41. The van der Waals surface area contributed by atoms with Crippen molar-refractivity contribution >= 4 is 17.7 Å². The van der Waals surface area contributed by atoms with Crippen molar-refractivity contribution in [2.75, 3.05) is 12.3 Å². The normalized spacial score (nSPS) is 12.3. The summed E-state index contributed by atoms with van der Waals surface area (Å²) >= 11 is 1.83. The molecule has 1 amide bonds. The summed E-state index contributed by atoms with van der Waals surface area (Å²) in [7, 11) is 0. The van der Waals surface area contributed by atoms with Gasteiger partial charge in [-0.1, -0.05) is 37.3 Å². The van der Waals surface area contributed by atoms with Gasteiger partial charge in [-0.2, -0.15) is 11.8 Å². The number of benzene rings is 1. The number of hydrogen-bond acceptors (Lipinski definition) is 3. The minimum atomic E-state index is -0.257. The number of amides is 1. The van der Waals surface area contributed by atoms with E-state index in [1.54, 1.807) is 0 Å². The fourth-order valence-corrected chi connectivity index (χ4v) is 2.53. The molecule has 0 aliphatic carbocycles. The summed E-state index contributed by atoms with van der Waals surface area (Å²) in [4.78, 5) is 11.1. The third-order valence-electron chi connectivity index (χ3n) is 2.46. The molecule has 3 N–H and O–H groups in total. The second-order valence-electron chi connectivity index (χ2n) is 3.84. The van der Waals surface area contributed by atoms with Crippen molar-refractivity contribution in [3.63, 3.8) is 0 Å². The van der Waals surface area contributed by atoms with Crippen molar-refractivity contribution in [1.82, 2.24) is 5.32 Å². The van der Waals surface area contributed by atoms with Crippen LogP contribution in [0.3, 0.4) is 0 Å². The van der Waals surface area contributed by atoms with Gasteiger partial charge in [-0.25, -0.2) is 0 Å². The van der Waals surface area contributed by atoms with Crippen LogP contribution in [0.5, 0.6) is 0 Å². The molecule has 0 aromatic heterocycles. The number of carbonyl (C=O) groups excluding carboxylic acids is 1. The van der Waals surface area contributed by atoms with E-state index in [0.717, 1.165) is 24.5 Å². The first-order valence-corrected chi connectivity index (χ1v) is 7.04. The van der Waals surface area contributed by atoms with E-state index in [-0.39, 0.29) is 11.9 Å². The fourth-order valence-electron chi connectivity index (χ4n) is 1.56. The van der Waals surface area contributed by atoms with Gasteiger partial charge in [0.1, 0.15) is 0 Å². The van der Waals surface area contributed by atoms with Gasteiger partial charge in [-0.15, -0.1) is 0 Å². The molecule has 1 rings (SSSR count). The van der Waals surface area contributed by atoms with E-state index >= 15 is 0 Å². The van der Waals surface area contributed by atoms with Gasteiger partial charge in [-0.3, -0.25) is 4.79 Å². The van der Waals surface area contributed by atoms with E-state index in [1.807, 2.05) is 36.9 Å². The molecule has 0 aliphatic rings. The second-order valence-corrected chi connectivity index (χ2v) is 4.94. The van der Waals surface area contributed by atoms with E-state index in [4.69, 9.17) is 5.73 Å². The molecule has 17 heavy (non-hydrogen) atoms. The number of carbonyl (C=O) groups is 1. The van der Waals surface area contributed by atoms with Crippen molar-refractivity contribution < 1.29 is 4.79 Å². The van der Waals surface area contributed by atoms with Crippen LogP contribution in [-0.4, -0.2) is 24.2 Å². The van der Waals surface area contributed by atoms with Crippen LogP contribution in [-0.2, 0) is 10.5 Å². The molecule has 0 fully saturated rings. The van der Waals surface area contributed by atoms with Crippen LogP contribution < -0.4 is 11.1 Å². The highest BCUT2D eigenvalue weighted by Crippen LogP contribution is 2.13. The molecule has 3 nitrogen and oxygen atoms in total. The maximum atomic E-state index is 11.1. The van der Waals surface area contributed by atoms with Crippen LogP contribution in [0.25, 0.3) is 0 Å². The molecule has 0 saturated carbocycles. The number of thioether (sulfide) groups is 1. The Morgan fingerprint density at radius 3 is 2.71 bits per heavy atom. The maximum absolute atomic E-state index is 11.1. The molecule has 1 atom stereocenters. The quantitative estimate of drug-likeness (QED) is 0.693. The van der Waals surface area contributed by atoms with Gasteiger partial charge in [-0.05, 0) is 24.3 Å². The van der Waals surface area contributed by atoms with E-state index < -0.39 is 0 Å². The Hall–Kier alpha value is -1.00. The summed E-state index contributed by atoms with van der Waals surface area (Å²) < 4.78 is 0. The summed E-state index contributed by atoms with van der Waals surface area (Å²) in [5, 5.41) is 3.09. The summed E-state index contributed by atoms with van der Waals surface area (Å²) in [5.74, 6) is 1.67. The average Bonchev–Trinajstić information content (AvgIpc) is 2.34. The van der Waals surface area contributed by atoms with Crippen molar-refractivity contribution in [3.05, 3.63) is 35.9 Å². The molecule has 1 unspecified atom stereocenters. The van der Waals surface area contributed by atoms with Gasteiger partial charge in [0.25, 0.3) is 0 Å². The van der Waals surface area contributed by atoms with E-state index in [9.17, 15) is 4.79 Å². The number of likely N-dealkylation sites (N-methyl/N-ethyl adjacent to an activating group) is 1. The van der Waals surface area contributed by atoms with E-state index in [2.05, 4.69) is 17.4 Å². The predicted octanol–water partition coefficient (Wildman–Crippen LogP) is 1.77. The lowest BCUT2D eigenvalue weighted by molar-refractivity contribution is -0.120. The van der Waals surface area contributed by atoms with Crippen LogP contribution in [0.15, 0.2) is 30.3 Å². The lowest BCUT2D eigenvalue weighted by atomic mass is 10.2. The molecule has 0 radical (unpaired) electrons. The average molecular weight is 252 g/mol. The van der Waals surface area contributed by atoms with Gasteiger partial charge in [0, 0.05) is 5.75 Å².